The highest BCUT2D eigenvalue weighted by Gasteiger charge is 2.37. The van der Waals surface area contributed by atoms with Gasteiger partial charge in [-0.1, -0.05) is 74.7 Å². The predicted molar refractivity (Wildman–Crippen MR) is 237 cm³/mol. The molecule has 4 aromatic rings. The molecule has 15 heteroatoms. The fourth-order valence-electron chi connectivity index (χ4n) is 9.11. The van der Waals surface area contributed by atoms with Crippen LogP contribution in [0.4, 0.5) is 4.79 Å². The predicted octanol–water partition coefficient (Wildman–Crippen LogP) is 5.06. The molecule has 2 fully saturated rings. The number of carbonyl (C=O) groups excluding carboxylic acids is 5. The van der Waals surface area contributed by atoms with E-state index in [2.05, 4.69) is 40.2 Å². The molecule has 2 heterocycles. The lowest BCUT2D eigenvalue weighted by Gasteiger charge is -2.39. The molecular formula is C48H59N6O9. The van der Waals surface area contributed by atoms with Crippen LogP contribution in [-0.2, 0) is 30.8 Å². The molecule has 0 unspecified atom stereocenters. The quantitative estimate of drug-likeness (QED) is 0.116. The zero-order valence-corrected chi connectivity index (χ0v) is 36.5. The van der Waals surface area contributed by atoms with Gasteiger partial charge >= 0.3 is 6.09 Å². The van der Waals surface area contributed by atoms with Gasteiger partial charge in [-0.25, -0.2) is 4.79 Å². The van der Waals surface area contributed by atoms with Gasteiger partial charge in [0, 0.05) is 70.1 Å². The lowest BCUT2D eigenvalue weighted by molar-refractivity contribution is -0.139. The van der Waals surface area contributed by atoms with Crippen LogP contribution in [0.1, 0.15) is 76.9 Å². The second-order valence-electron chi connectivity index (χ2n) is 16.2. The van der Waals surface area contributed by atoms with Crippen molar-refractivity contribution in [3.8, 4) is 16.9 Å². The lowest BCUT2D eigenvalue weighted by Crippen LogP contribution is -2.58. The molecule has 335 valence electrons. The van der Waals surface area contributed by atoms with E-state index in [0.29, 0.717) is 29.7 Å². The summed E-state index contributed by atoms with van der Waals surface area (Å²) in [6, 6.07) is 21.1. The van der Waals surface area contributed by atoms with Gasteiger partial charge in [-0.05, 0) is 53.1 Å². The maximum Gasteiger partial charge on any atom is 0.407 e. The number of rotatable bonds is 18. The minimum Gasteiger partial charge on any atom is -0.497 e. The summed E-state index contributed by atoms with van der Waals surface area (Å²) < 4.78 is 24.1. The Hall–Kier alpha value is -5.93. The summed E-state index contributed by atoms with van der Waals surface area (Å²) >= 11 is 0. The van der Waals surface area contributed by atoms with Crippen LogP contribution >= 0.6 is 0 Å². The van der Waals surface area contributed by atoms with E-state index in [9.17, 15) is 24.0 Å². The summed E-state index contributed by atoms with van der Waals surface area (Å²) in [7, 11) is 3.31. The Morgan fingerprint density at radius 1 is 0.778 bits per heavy atom. The number of carbonyl (C=O) groups is 5. The Morgan fingerprint density at radius 3 is 2.03 bits per heavy atom. The molecule has 15 nitrogen and oxygen atoms in total. The molecule has 63 heavy (non-hydrogen) atoms. The van der Waals surface area contributed by atoms with Crippen molar-refractivity contribution in [2.24, 2.45) is 13.0 Å². The van der Waals surface area contributed by atoms with Gasteiger partial charge in [-0.3, -0.25) is 19.2 Å². The second kappa shape index (κ2) is 21.4. The summed E-state index contributed by atoms with van der Waals surface area (Å²) in [5, 5.41) is 9.20. The van der Waals surface area contributed by atoms with E-state index in [1.807, 2.05) is 24.3 Å². The molecule has 1 atom stereocenters. The Kier molecular flexibility index (Phi) is 15.3. The van der Waals surface area contributed by atoms with Crippen LogP contribution in [0.2, 0.25) is 0 Å². The van der Waals surface area contributed by atoms with Gasteiger partial charge < -0.3 is 49.3 Å². The molecule has 2 aliphatic carbocycles. The van der Waals surface area contributed by atoms with Crippen LogP contribution in [0, 0.1) is 12.3 Å². The summed E-state index contributed by atoms with van der Waals surface area (Å²) in [5.74, 6) is -0.449. The van der Waals surface area contributed by atoms with Crippen molar-refractivity contribution in [2.45, 2.75) is 51.0 Å². The molecule has 1 aromatic heterocycles. The number of aromatic nitrogens is 1. The number of hydrogen-bond acceptors (Lipinski definition) is 9. The van der Waals surface area contributed by atoms with Gasteiger partial charge in [0.2, 0.25) is 11.8 Å². The first kappa shape index (κ1) is 45.1. The Morgan fingerprint density at radius 2 is 1.40 bits per heavy atom. The second-order valence-corrected chi connectivity index (χ2v) is 16.2. The molecule has 0 bridgehead atoms. The van der Waals surface area contributed by atoms with Crippen molar-refractivity contribution < 1.29 is 42.9 Å². The van der Waals surface area contributed by atoms with Crippen LogP contribution < -0.4 is 20.7 Å². The van der Waals surface area contributed by atoms with Crippen LogP contribution in [0.25, 0.3) is 22.0 Å². The molecule has 1 saturated heterocycles. The van der Waals surface area contributed by atoms with Crippen LogP contribution in [0.3, 0.4) is 0 Å². The molecule has 1 aliphatic heterocycles. The maximum atomic E-state index is 14.3. The SMILES string of the molecule is C[CH]C(=O)N[C@H](C(=O)N1CCN(C(=O)c2c(C(=O)NCCOCCOCCNC(=O)OCC3c4ccccc4-c4ccccc43)c3ccc(OC)cc3n2C)CC1)C1CCCCC1. The van der Waals surface area contributed by atoms with Crippen molar-refractivity contribution in [2.75, 3.05) is 79.4 Å². The Balaban J connectivity index is 0.853. The minimum atomic E-state index is -0.595. The number of ether oxygens (including phenoxy) is 4. The van der Waals surface area contributed by atoms with Crippen molar-refractivity contribution in [3.05, 3.63) is 95.5 Å². The number of alkyl carbamates (subject to hydrolysis) is 1. The third kappa shape index (κ3) is 10.5. The molecule has 5 amide bonds. The molecule has 3 N–H and O–H groups in total. The van der Waals surface area contributed by atoms with Crippen molar-refractivity contribution in [3.63, 3.8) is 0 Å². The van der Waals surface area contributed by atoms with Gasteiger partial charge in [0.1, 0.15) is 24.1 Å². The van der Waals surface area contributed by atoms with E-state index in [4.69, 9.17) is 18.9 Å². The normalized spacial score (nSPS) is 15.7. The highest BCUT2D eigenvalue weighted by molar-refractivity contribution is 6.16. The molecule has 3 aromatic carbocycles. The fourth-order valence-corrected chi connectivity index (χ4v) is 9.11. The van der Waals surface area contributed by atoms with Crippen molar-refractivity contribution >= 4 is 40.6 Å². The summed E-state index contributed by atoms with van der Waals surface area (Å²) in [6.45, 7) is 4.60. The monoisotopic (exact) mass is 863 g/mol. The first-order valence-electron chi connectivity index (χ1n) is 22.1. The van der Waals surface area contributed by atoms with Gasteiger partial charge in [-0.15, -0.1) is 0 Å². The number of methoxy groups -OCH3 is 1. The van der Waals surface area contributed by atoms with Gasteiger partial charge in [-0.2, -0.15) is 0 Å². The number of benzene rings is 3. The van der Waals surface area contributed by atoms with E-state index in [0.717, 1.165) is 43.2 Å². The number of aryl methyl sites for hydroxylation is 1. The van der Waals surface area contributed by atoms with Crippen molar-refractivity contribution in [1.29, 1.82) is 0 Å². The van der Waals surface area contributed by atoms with Gasteiger partial charge in [0.25, 0.3) is 11.8 Å². The summed E-state index contributed by atoms with van der Waals surface area (Å²) in [5.41, 5.74) is 5.80. The maximum absolute atomic E-state index is 14.3. The molecule has 0 spiro atoms. The van der Waals surface area contributed by atoms with Crippen LogP contribution in [0.5, 0.6) is 5.75 Å². The number of nitrogens with one attached hydrogen (secondary N) is 3. The third-order valence-electron chi connectivity index (χ3n) is 12.4. The van der Waals surface area contributed by atoms with Crippen molar-refractivity contribution in [1.82, 2.24) is 30.3 Å². The molecule has 1 radical (unpaired) electrons. The summed E-state index contributed by atoms with van der Waals surface area (Å²) in [6.07, 6.45) is 5.92. The number of amides is 5. The molecule has 7 rings (SSSR count). The van der Waals surface area contributed by atoms with Gasteiger partial charge in [0.05, 0.1) is 44.6 Å². The first-order valence-corrected chi connectivity index (χ1v) is 22.1. The van der Waals surface area contributed by atoms with Gasteiger partial charge in [0.15, 0.2) is 0 Å². The van der Waals surface area contributed by atoms with Crippen LogP contribution in [-0.4, -0.2) is 130 Å². The van der Waals surface area contributed by atoms with E-state index >= 15 is 0 Å². The third-order valence-corrected chi connectivity index (χ3v) is 12.4. The molecule has 3 aliphatic rings. The molecular weight excluding hydrogens is 805 g/mol. The number of piperazine rings is 1. The number of hydrogen-bond donors (Lipinski definition) is 3. The Labute approximate surface area is 368 Å². The first-order chi connectivity index (χ1) is 30.7. The highest BCUT2D eigenvalue weighted by Crippen LogP contribution is 2.44. The van der Waals surface area contributed by atoms with Crippen LogP contribution in [0.15, 0.2) is 66.7 Å². The Bertz CT molecular complexity index is 2220. The fraction of sp³-hybridized carbons (Fsp3) is 0.458. The van der Waals surface area contributed by atoms with E-state index in [1.54, 1.807) is 53.6 Å². The van der Waals surface area contributed by atoms with E-state index in [1.165, 1.54) is 17.5 Å². The largest absolute Gasteiger partial charge is 0.497 e. The number of nitrogens with zero attached hydrogens (tertiary/aromatic N) is 3. The average molecular weight is 864 g/mol. The minimum absolute atomic E-state index is 0.0138. The standard InChI is InChI=1S/C48H59N6O9/c1-4-41(55)51-43(32-12-6-5-7-13-32)46(57)53-22-24-54(25-23-53)47(58)44-42(38-19-18-33(60-3)30-40(38)52(44)2)45(56)49-20-26-61-28-29-62-27-21-50-48(59)63-31-39-36-16-10-8-14-34(36)35-15-9-11-17-37(35)39/h4,8-11,14-19,30,32,39,43H,5-7,12-13,20-29,31H2,1-3H3,(H,49,56)(H,50,59)(H,51,55)/t43-/m0/s1. The molecule has 1 saturated carbocycles. The topological polar surface area (TPSA) is 170 Å². The van der Waals surface area contributed by atoms with E-state index in [-0.39, 0.29) is 100 Å². The zero-order chi connectivity index (χ0) is 44.3. The summed E-state index contributed by atoms with van der Waals surface area (Å²) in [4.78, 5) is 70.3. The lowest BCUT2D eigenvalue weighted by atomic mass is 9.83. The zero-order valence-electron chi connectivity index (χ0n) is 36.5. The average Bonchev–Trinajstić information content (AvgIpc) is 3.80. The smallest absolute Gasteiger partial charge is 0.407 e. The van der Waals surface area contributed by atoms with E-state index < -0.39 is 18.0 Å². The number of fused-ring (bicyclic) bond motifs is 4. The highest BCUT2D eigenvalue weighted by atomic mass is 16.6.